The minimum absolute atomic E-state index is 0.759. The van der Waals surface area contributed by atoms with Gasteiger partial charge in [-0.2, -0.15) is 0 Å². The van der Waals surface area contributed by atoms with Crippen molar-refractivity contribution < 1.29 is 18.9 Å². The zero-order chi connectivity index (χ0) is 37.3. The summed E-state index contributed by atoms with van der Waals surface area (Å²) < 4.78 is 22.6. The van der Waals surface area contributed by atoms with Crippen molar-refractivity contribution in [2.24, 2.45) is 0 Å². The van der Waals surface area contributed by atoms with Crippen LogP contribution in [0, 0.1) is 0 Å². The summed E-state index contributed by atoms with van der Waals surface area (Å²) in [5.74, 6) is 3.05. The van der Waals surface area contributed by atoms with Crippen LogP contribution in [0.3, 0.4) is 0 Å². The smallest absolute Gasteiger partial charge is 0.142 e. The average Bonchev–Trinajstić information content (AvgIpc) is 3.22. The Labute approximate surface area is 316 Å². The number of ether oxygens (including phenoxy) is 4. The van der Waals surface area contributed by atoms with Gasteiger partial charge in [0.2, 0.25) is 0 Å². The molecule has 0 saturated heterocycles. The molecule has 7 rings (SSSR count). The Hall–Kier alpha value is -7.06. The molecule has 2 N–H and O–H groups in total. The van der Waals surface area contributed by atoms with Gasteiger partial charge in [-0.1, -0.05) is 54.6 Å². The van der Waals surface area contributed by atoms with Gasteiger partial charge in [-0.25, -0.2) is 0 Å². The highest BCUT2D eigenvalue weighted by molar-refractivity contribution is 5.85. The molecule has 7 aromatic carbocycles. The topological polar surface area (TPSA) is 67.5 Å². The fourth-order valence-electron chi connectivity index (χ4n) is 6.42. The van der Waals surface area contributed by atoms with Gasteiger partial charge < -0.3 is 39.4 Å². The molecule has 0 spiro atoms. The van der Waals surface area contributed by atoms with Gasteiger partial charge in [0.05, 0.1) is 39.8 Å². The molecule has 0 heterocycles. The Kier molecular flexibility index (Phi) is 10.8. The van der Waals surface area contributed by atoms with Gasteiger partial charge in [0.1, 0.15) is 23.0 Å². The van der Waals surface area contributed by atoms with Crippen molar-refractivity contribution in [2.45, 2.75) is 0 Å². The summed E-state index contributed by atoms with van der Waals surface area (Å²) in [6.45, 7) is 0. The highest BCUT2D eigenvalue weighted by Crippen LogP contribution is 2.43. The lowest BCUT2D eigenvalue weighted by Gasteiger charge is -2.30. The first-order valence-corrected chi connectivity index (χ1v) is 17.6. The Morgan fingerprint density at radius 3 is 1.09 bits per heavy atom. The number of anilines is 10. The van der Waals surface area contributed by atoms with E-state index in [1.54, 1.807) is 28.4 Å². The number of rotatable bonds is 14. The SMILES string of the molecule is COc1cccc(N(c2cccc(Nc3ccccc3OC)c2)c2cccc(N(c3cccc(Nc4ccccc4OC)c3)c3cccc(OC)c3)c2)c1. The van der Waals surface area contributed by atoms with Crippen molar-refractivity contribution >= 4 is 56.9 Å². The number of nitrogens with zero attached hydrogens (tertiary/aromatic N) is 2. The lowest BCUT2D eigenvalue weighted by atomic mass is 10.1. The highest BCUT2D eigenvalue weighted by Gasteiger charge is 2.19. The van der Waals surface area contributed by atoms with Crippen LogP contribution in [0.5, 0.6) is 23.0 Å². The molecule has 0 aliphatic carbocycles. The Morgan fingerprint density at radius 2 is 0.685 bits per heavy atom. The van der Waals surface area contributed by atoms with E-state index in [0.717, 1.165) is 79.9 Å². The van der Waals surface area contributed by atoms with Crippen LogP contribution < -0.4 is 39.4 Å². The second-order valence-electron chi connectivity index (χ2n) is 12.3. The lowest BCUT2D eigenvalue weighted by Crippen LogP contribution is -2.13. The minimum Gasteiger partial charge on any atom is -0.497 e. The standard InChI is InChI=1S/C46H42N4O4/c1-51-41-22-12-20-39(31-41)49(35-16-9-14-33(28-35)47-43-24-5-7-26-45(43)53-3)37-18-11-19-38(30-37)50(40-21-13-23-42(32-40)52-2)36-17-10-15-34(29-36)48-44-25-6-8-27-46(44)54-4/h5-32,47-48H,1-4H3. The van der Waals surface area contributed by atoms with Crippen molar-refractivity contribution in [1.82, 2.24) is 0 Å². The van der Waals surface area contributed by atoms with Crippen molar-refractivity contribution in [1.29, 1.82) is 0 Å². The van der Waals surface area contributed by atoms with Gasteiger partial charge in [0, 0.05) is 57.6 Å². The molecule has 8 nitrogen and oxygen atoms in total. The van der Waals surface area contributed by atoms with Gasteiger partial charge in [0.25, 0.3) is 0 Å². The van der Waals surface area contributed by atoms with E-state index in [-0.39, 0.29) is 0 Å². The normalized spacial score (nSPS) is 10.6. The molecule has 0 fully saturated rings. The molecule has 0 aliphatic rings. The van der Waals surface area contributed by atoms with Crippen molar-refractivity contribution in [3.8, 4) is 23.0 Å². The number of hydrogen-bond donors (Lipinski definition) is 2. The number of nitrogens with one attached hydrogen (secondary N) is 2. The summed E-state index contributed by atoms with van der Waals surface area (Å²) in [7, 11) is 6.72. The lowest BCUT2D eigenvalue weighted by molar-refractivity contribution is 0.415. The minimum atomic E-state index is 0.759. The summed E-state index contributed by atoms with van der Waals surface area (Å²) in [5.41, 5.74) is 9.28. The highest BCUT2D eigenvalue weighted by atomic mass is 16.5. The molecular formula is C46H42N4O4. The Bertz CT molecular complexity index is 2190. The van der Waals surface area contributed by atoms with Crippen LogP contribution in [-0.2, 0) is 0 Å². The van der Waals surface area contributed by atoms with E-state index in [1.165, 1.54) is 0 Å². The van der Waals surface area contributed by atoms with Crippen LogP contribution in [0.15, 0.2) is 170 Å². The molecule has 0 saturated carbocycles. The fourth-order valence-corrected chi connectivity index (χ4v) is 6.42. The Balaban J connectivity index is 1.34. The summed E-state index contributed by atoms with van der Waals surface area (Å²) in [6, 6.07) is 57.1. The predicted octanol–water partition coefficient (Wildman–Crippen LogP) is 12.1. The van der Waals surface area contributed by atoms with Crippen LogP contribution in [0.2, 0.25) is 0 Å². The maximum atomic E-state index is 5.69. The van der Waals surface area contributed by atoms with Crippen molar-refractivity contribution in [2.75, 3.05) is 48.9 Å². The average molecular weight is 715 g/mol. The maximum Gasteiger partial charge on any atom is 0.142 e. The van der Waals surface area contributed by atoms with Gasteiger partial charge in [-0.05, 0) is 103 Å². The predicted molar refractivity (Wildman–Crippen MR) is 221 cm³/mol. The van der Waals surface area contributed by atoms with Gasteiger partial charge >= 0.3 is 0 Å². The summed E-state index contributed by atoms with van der Waals surface area (Å²) >= 11 is 0. The third-order valence-corrected chi connectivity index (χ3v) is 8.95. The molecule has 0 aliphatic heterocycles. The van der Waals surface area contributed by atoms with E-state index in [1.807, 2.05) is 109 Å². The molecule has 0 amide bonds. The number of hydrogen-bond acceptors (Lipinski definition) is 8. The molecule has 0 aromatic heterocycles. The molecule has 0 unspecified atom stereocenters. The third kappa shape index (κ3) is 7.88. The van der Waals surface area contributed by atoms with E-state index in [2.05, 4.69) is 81.1 Å². The van der Waals surface area contributed by atoms with Gasteiger partial charge in [-0.15, -0.1) is 0 Å². The molecule has 7 aromatic rings. The largest absolute Gasteiger partial charge is 0.497 e. The first-order valence-electron chi connectivity index (χ1n) is 17.6. The monoisotopic (exact) mass is 714 g/mol. The third-order valence-electron chi connectivity index (χ3n) is 8.95. The summed E-state index contributed by atoms with van der Waals surface area (Å²) in [6.07, 6.45) is 0. The maximum absolute atomic E-state index is 5.69. The molecule has 8 heteroatoms. The van der Waals surface area contributed by atoms with E-state index in [9.17, 15) is 0 Å². The van der Waals surface area contributed by atoms with E-state index in [4.69, 9.17) is 18.9 Å². The second-order valence-corrected chi connectivity index (χ2v) is 12.3. The van der Waals surface area contributed by atoms with Gasteiger partial charge in [0.15, 0.2) is 0 Å². The van der Waals surface area contributed by atoms with Crippen LogP contribution in [0.4, 0.5) is 56.9 Å². The van der Waals surface area contributed by atoms with Crippen molar-refractivity contribution in [3.63, 3.8) is 0 Å². The zero-order valence-electron chi connectivity index (χ0n) is 30.7. The summed E-state index contributed by atoms with van der Waals surface area (Å²) in [5, 5.41) is 7.09. The van der Waals surface area contributed by atoms with Crippen LogP contribution in [-0.4, -0.2) is 28.4 Å². The molecule has 0 radical (unpaired) electrons. The molecule has 0 bridgehead atoms. The van der Waals surface area contributed by atoms with Crippen molar-refractivity contribution in [3.05, 3.63) is 170 Å². The van der Waals surface area contributed by atoms with E-state index < -0.39 is 0 Å². The molecule has 0 atom stereocenters. The van der Waals surface area contributed by atoms with Crippen LogP contribution in [0.1, 0.15) is 0 Å². The molecule has 270 valence electrons. The number of para-hydroxylation sites is 4. The fraction of sp³-hybridized carbons (Fsp3) is 0.0870. The van der Waals surface area contributed by atoms with Gasteiger partial charge in [-0.3, -0.25) is 0 Å². The van der Waals surface area contributed by atoms with E-state index in [0.29, 0.717) is 0 Å². The first-order chi connectivity index (χ1) is 26.6. The second kappa shape index (κ2) is 16.5. The zero-order valence-corrected chi connectivity index (χ0v) is 30.7. The molecule has 54 heavy (non-hydrogen) atoms. The van der Waals surface area contributed by atoms with Crippen LogP contribution >= 0.6 is 0 Å². The number of benzene rings is 7. The Morgan fingerprint density at radius 1 is 0.333 bits per heavy atom. The van der Waals surface area contributed by atoms with E-state index >= 15 is 0 Å². The number of methoxy groups -OCH3 is 4. The summed E-state index contributed by atoms with van der Waals surface area (Å²) in [4.78, 5) is 4.45. The first kappa shape index (κ1) is 35.3. The van der Waals surface area contributed by atoms with Crippen LogP contribution in [0.25, 0.3) is 0 Å². The quantitative estimate of drug-likeness (QED) is 0.115. The molecular weight excluding hydrogens is 673 g/mol.